The lowest BCUT2D eigenvalue weighted by Gasteiger charge is -2.37. The average molecular weight is 598 g/mol. The van der Waals surface area contributed by atoms with Crippen LogP contribution in [0.15, 0.2) is 96.8 Å². The zero-order chi connectivity index (χ0) is 31.1. The Morgan fingerprint density at radius 1 is 0.977 bits per heavy atom. The summed E-state index contributed by atoms with van der Waals surface area (Å²) in [6.45, 7) is 0.416. The predicted octanol–water partition coefficient (Wildman–Crippen LogP) is 7.03. The maximum Gasteiger partial charge on any atom is 0.416 e. The number of esters is 1. The van der Waals surface area contributed by atoms with E-state index in [0.717, 1.165) is 12.1 Å². The normalized spacial score (nSPS) is 16.5. The van der Waals surface area contributed by atoms with Crippen LogP contribution in [0.3, 0.4) is 0 Å². The van der Waals surface area contributed by atoms with Gasteiger partial charge in [-0.25, -0.2) is 4.79 Å². The van der Waals surface area contributed by atoms with E-state index < -0.39 is 23.3 Å². The van der Waals surface area contributed by atoms with E-state index in [2.05, 4.69) is 10.1 Å². The van der Waals surface area contributed by atoms with Crippen LogP contribution in [0.5, 0.6) is 11.5 Å². The van der Waals surface area contributed by atoms with Crippen LogP contribution in [0.4, 0.5) is 30.2 Å². The Balaban J connectivity index is 1.43. The van der Waals surface area contributed by atoms with Crippen molar-refractivity contribution in [2.24, 2.45) is 0 Å². The average Bonchev–Trinajstić information content (AvgIpc) is 3.31. The van der Waals surface area contributed by atoms with Crippen LogP contribution >= 0.6 is 0 Å². The lowest BCUT2D eigenvalue weighted by molar-refractivity contribution is -0.137. The van der Waals surface area contributed by atoms with Gasteiger partial charge in [0.05, 0.1) is 11.1 Å². The van der Waals surface area contributed by atoms with Gasteiger partial charge >= 0.3 is 12.1 Å². The van der Waals surface area contributed by atoms with Gasteiger partial charge < -0.3 is 24.4 Å². The first-order valence-corrected chi connectivity index (χ1v) is 13.3. The third-order valence-electron chi connectivity index (χ3n) is 7.45. The molecule has 0 saturated carbocycles. The summed E-state index contributed by atoms with van der Waals surface area (Å²) >= 11 is 0. The number of ether oxygens (including phenoxy) is 3. The van der Waals surface area contributed by atoms with Crippen molar-refractivity contribution in [1.82, 2.24) is 0 Å². The fraction of sp³-hybridized carbons (Fsp3) is 0.121. The molecule has 6 rings (SSSR count). The number of nitrogens with one attached hydrogen (secondary N) is 1. The molecular formula is C33H22F3N3O5. The number of likely N-dealkylation sites (N-methyl/N-ethyl adjacent to an activating group) is 1. The predicted molar refractivity (Wildman–Crippen MR) is 154 cm³/mol. The number of carbonyl (C=O) groups is 2. The fourth-order valence-electron chi connectivity index (χ4n) is 5.41. The molecule has 0 amide bonds. The second-order valence-electron chi connectivity index (χ2n) is 10.1. The Kier molecular flexibility index (Phi) is 6.97. The quantitative estimate of drug-likeness (QED) is 0.105. The molecule has 0 saturated heterocycles. The molecule has 0 aromatic heterocycles. The third kappa shape index (κ3) is 4.86. The lowest BCUT2D eigenvalue weighted by Crippen LogP contribution is -2.33. The van der Waals surface area contributed by atoms with Crippen LogP contribution in [-0.2, 0) is 26.0 Å². The first kappa shape index (κ1) is 28.4. The van der Waals surface area contributed by atoms with E-state index in [1.54, 1.807) is 78.7 Å². The molecule has 4 aromatic rings. The summed E-state index contributed by atoms with van der Waals surface area (Å²) in [4.78, 5) is 25.6. The standard InChI is InChI=1S/C33H22F3N3O5/c1-39(14-13-24(18-37)42-19-40)23-10-11-27-30(17-23)43-29-12-9-22(38-21-6-4-5-20(15-21)33(34,35)36)16-28(29)32(27)26-8-3-2-7-25(26)31(41)44-32/h2-13,15-17,19,38H,14H2,1H3/b24-13-. The van der Waals surface area contributed by atoms with Crippen LogP contribution in [0.1, 0.15) is 32.6 Å². The minimum Gasteiger partial charge on any atom is -0.456 e. The van der Waals surface area contributed by atoms with Crippen molar-refractivity contribution in [1.29, 1.82) is 5.26 Å². The van der Waals surface area contributed by atoms with Crippen LogP contribution in [0.25, 0.3) is 0 Å². The van der Waals surface area contributed by atoms with Gasteiger partial charge in [-0.05, 0) is 60.7 Å². The van der Waals surface area contributed by atoms with Crippen LogP contribution in [-0.4, -0.2) is 26.0 Å². The molecule has 1 unspecified atom stereocenters. The van der Waals surface area contributed by atoms with Gasteiger partial charge in [0.15, 0.2) is 5.60 Å². The van der Waals surface area contributed by atoms with Gasteiger partial charge in [-0.2, -0.15) is 18.4 Å². The van der Waals surface area contributed by atoms with E-state index in [9.17, 15) is 22.8 Å². The fourth-order valence-corrected chi connectivity index (χ4v) is 5.41. The van der Waals surface area contributed by atoms with Crippen LogP contribution in [0.2, 0.25) is 0 Å². The van der Waals surface area contributed by atoms with Gasteiger partial charge in [0.1, 0.15) is 17.6 Å². The van der Waals surface area contributed by atoms with E-state index in [4.69, 9.17) is 14.7 Å². The number of rotatable bonds is 7. The Bertz CT molecular complexity index is 1880. The molecule has 0 aliphatic carbocycles. The molecule has 0 radical (unpaired) electrons. The highest BCUT2D eigenvalue weighted by Crippen LogP contribution is 2.57. The van der Waals surface area contributed by atoms with Gasteiger partial charge in [-0.3, -0.25) is 4.79 Å². The van der Waals surface area contributed by atoms with Gasteiger partial charge in [0.25, 0.3) is 6.47 Å². The molecule has 0 fully saturated rings. The molecule has 0 bridgehead atoms. The number of allylic oxidation sites excluding steroid dienone is 1. The summed E-state index contributed by atoms with van der Waals surface area (Å²) in [6, 6.07) is 24.1. The number of benzene rings is 4. The van der Waals surface area contributed by atoms with Crippen molar-refractivity contribution in [2.75, 3.05) is 23.8 Å². The summed E-state index contributed by atoms with van der Waals surface area (Å²) in [5.74, 6) is 0.139. The first-order chi connectivity index (χ1) is 21.1. The molecule has 2 aliphatic rings. The van der Waals surface area contributed by atoms with Crippen molar-refractivity contribution in [3.63, 3.8) is 0 Å². The molecule has 1 atom stereocenters. The number of nitrogens with zero attached hydrogens (tertiary/aromatic N) is 2. The van der Waals surface area contributed by atoms with E-state index in [-0.39, 0.29) is 24.5 Å². The van der Waals surface area contributed by atoms with Gasteiger partial charge in [0.2, 0.25) is 5.76 Å². The Labute approximate surface area is 249 Å². The maximum atomic E-state index is 13.3. The second kappa shape index (κ2) is 10.8. The Morgan fingerprint density at radius 3 is 2.55 bits per heavy atom. The van der Waals surface area contributed by atoms with Gasteiger partial charge in [-0.1, -0.05) is 24.3 Å². The summed E-state index contributed by atoms with van der Waals surface area (Å²) < 4.78 is 57.1. The summed E-state index contributed by atoms with van der Waals surface area (Å²) in [5.41, 5.74) is 1.23. The SMILES string of the molecule is CN(C/C=C(/C#N)OC=O)c1ccc2c(c1)Oc1ccc(Nc3cccc(C(F)(F)F)c3)cc1C21OC(=O)c2ccccc21. The monoisotopic (exact) mass is 597 g/mol. The first-order valence-electron chi connectivity index (χ1n) is 13.3. The van der Waals surface area contributed by atoms with E-state index >= 15 is 0 Å². The van der Waals surface area contributed by atoms with Gasteiger partial charge in [0, 0.05) is 53.4 Å². The lowest BCUT2D eigenvalue weighted by atomic mass is 9.77. The van der Waals surface area contributed by atoms with Crippen LogP contribution in [0, 0.1) is 11.3 Å². The van der Waals surface area contributed by atoms with E-state index in [0.29, 0.717) is 45.1 Å². The van der Waals surface area contributed by atoms with Crippen molar-refractivity contribution >= 4 is 29.5 Å². The number of hydrogen-bond donors (Lipinski definition) is 1. The van der Waals surface area contributed by atoms with Crippen molar-refractivity contribution in [2.45, 2.75) is 11.8 Å². The minimum atomic E-state index is -4.50. The molecule has 1 spiro atoms. The largest absolute Gasteiger partial charge is 0.456 e. The van der Waals surface area contributed by atoms with Crippen molar-refractivity contribution < 1.29 is 37.0 Å². The molecule has 220 valence electrons. The molecule has 8 nitrogen and oxygen atoms in total. The third-order valence-corrected chi connectivity index (χ3v) is 7.45. The number of halogens is 3. The number of hydrogen-bond acceptors (Lipinski definition) is 8. The summed E-state index contributed by atoms with van der Waals surface area (Å²) in [5, 5.41) is 12.2. The zero-order valence-corrected chi connectivity index (χ0v) is 23.0. The number of nitriles is 1. The number of anilines is 3. The Hall–Kier alpha value is -5.76. The minimum absolute atomic E-state index is 0.141. The highest BCUT2D eigenvalue weighted by Gasteiger charge is 2.53. The molecular weight excluding hydrogens is 575 g/mol. The van der Waals surface area contributed by atoms with Crippen molar-refractivity contribution in [3.05, 3.63) is 125 Å². The highest BCUT2D eigenvalue weighted by atomic mass is 19.4. The van der Waals surface area contributed by atoms with E-state index in [1.807, 2.05) is 0 Å². The van der Waals surface area contributed by atoms with Crippen molar-refractivity contribution in [3.8, 4) is 17.6 Å². The number of fused-ring (bicyclic) bond motifs is 6. The van der Waals surface area contributed by atoms with E-state index in [1.165, 1.54) is 18.2 Å². The zero-order valence-electron chi connectivity index (χ0n) is 23.0. The molecule has 4 aromatic carbocycles. The van der Waals surface area contributed by atoms with Crippen LogP contribution < -0.4 is 15.0 Å². The molecule has 2 aliphatic heterocycles. The highest BCUT2D eigenvalue weighted by molar-refractivity contribution is 5.97. The molecule has 1 N–H and O–H groups in total. The number of carbonyl (C=O) groups excluding carboxylic acids is 2. The van der Waals surface area contributed by atoms with Gasteiger partial charge in [-0.15, -0.1) is 0 Å². The Morgan fingerprint density at radius 2 is 1.77 bits per heavy atom. The topological polar surface area (TPSA) is 101 Å². The molecule has 2 heterocycles. The number of alkyl halides is 3. The smallest absolute Gasteiger partial charge is 0.416 e. The maximum absolute atomic E-state index is 13.3. The summed E-state index contributed by atoms with van der Waals surface area (Å²) in [6.07, 6.45) is -3.04. The molecule has 11 heteroatoms. The molecule has 44 heavy (non-hydrogen) atoms. The summed E-state index contributed by atoms with van der Waals surface area (Å²) in [7, 11) is 1.78. The second-order valence-corrected chi connectivity index (χ2v) is 10.1.